The summed E-state index contributed by atoms with van der Waals surface area (Å²) in [5, 5.41) is 9.08. The summed E-state index contributed by atoms with van der Waals surface area (Å²) in [7, 11) is -0.398. The Bertz CT molecular complexity index is 129. The molecule has 1 atom stereocenters. The molecule has 10 heavy (non-hydrogen) atoms. The smallest absolute Gasteiger partial charge is 0.376 e. The Hall–Kier alpha value is -0.345. The van der Waals surface area contributed by atoms with E-state index in [0.29, 0.717) is 0 Å². The molecule has 1 aliphatic rings. The topological polar surface area (TPSA) is 40.5 Å². The predicted molar refractivity (Wildman–Crippen MR) is 39.6 cm³/mol. The largest absolute Gasteiger partial charge is 0.437 e. The van der Waals surface area contributed by atoms with E-state index in [4.69, 9.17) is 5.02 Å². The van der Waals surface area contributed by atoms with E-state index >= 15 is 0 Å². The molecule has 1 rings (SSSR count). The first-order valence-electron chi connectivity index (χ1n) is 3.61. The molecule has 0 saturated carbocycles. The highest BCUT2D eigenvalue weighted by atomic mass is 16.2. The van der Waals surface area contributed by atoms with Crippen LogP contribution in [0.15, 0.2) is 0 Å². The maximum atomic E-state index is 10.3. The van der Waals surface area contributed by atoms with Gasteiger partial charge >= 0.3 is 7.05 Å². The third-order valence-corrected chi connectivity index (χ3v) is 1.98. The minimum Gasteiger partial charge on any atom is -0.437 e. The molecule has 0 aliphatic carbocycles. The van der Waals surface area contributed by atoms with Gasteiger partial charge in [-0.25, -0.2) is 0 Å². The first kappa shape index (κ1) is 7.76. The van der Waals surface area contributed by atoms with Gasteiger partial charge in [0.2, 0.25) is 0 Å². The second-order valence-electron chi connectivity index (χ2n) is 2.81. The quantitative estimate of drug-likeness (QED) is 0.420. The lowest BCUT2D eigenvalue weighted by atomic mass is 9.86. The van der Waals surface area contributed by atoms with Crippen molar-refractivity contribution in [1.82, 2.24) is 4.81 Å². The van der Waals surface area contributed by atoms with Crippen LogP contribution in [0.3, 0.4) is 0 Å². The lowest BCUT2D eigenvalue weighted by molar-refractivity contribution is -0.110. The van der Waals surface area contributed by atoms with Crippen LogP contribution in [0.4, 0.5) is 0 Å². The minimum atomic E-state index is -0.398. The van der Waals surface area contributed by atoms with Crippen LogP contribution in [0, 0.1) is 5.92 Å². The summed E-state index contributed by atoms with van der Waals surface area (Å²) < 4.78 is 0. The van der Waals surface area contributed by atoms with E-state index in [1.54, 1.807) is 6.82 Å². The van der Waals surface area contributed by atoms with Crippen LogP contribution in [0.5, 0.6) is 0 Å². The molecule has 0 spiro atoms. The van der Waals surface area contributed by atoms with Gasteiger partial charge in [-0.3, -0.25) is 0 Å². The molecule has 0 bridgehead atoms. The van der Waals surface area contributed by atoms with E-state index in [0.717, 1.165) is 25.8 Å². The third kappa shape index (κ3) is 1.58. The van der Waals surface area contributed by atoms with Gasteiger partial charge in [-0.1, -0.05) is 0 Å². The Morgan fingerprint density at radius 2 is 2.50 bits per heavy atom. The molecule has 1 unspecified atom stereocenters. The molecule has 1 N–H and O–H groups in total. The summed E-state index contributed by atoms with van der Waals surface area (Å²) in [6.07, 6.45) is 1.87. The molecule has 56 valence electrons. The zero-order valence-electron chi connectivity index (χ0n) is 6.16. The van der Waals surface area contributed by atoms with Crippen molar-refractivity contribution >= 4 is 13.3 Å². The molecule has 1 saturated heterocycles. The Morgan fingerprint density at radius 3 is 2.80 bits per heavy atom. The van der Waals surface area contributed by atoms with Gasteiger partial charge < -0.3 is 14.6 Å². The number of hydrogen-bond acceptors (Lipinski definition) is 3. The zero-order valence-corrected chi connectivity index (χ0v) is 6.16. The first-order valence-corrected chi connectivity index (χ1v) is 3.61. The van der Waals surface area contributed by atoms with Crippen LogP contribution in [0.25, 0.3) is 0 Å². The molecule has 1 heterocycles. The Balaban J connectivity index is 2.35. The van der Waals surface area contributed by atoms with Gasteiger partial charge in [-0.05, 0) is 26.3 Å². The van der Waals surface area contributed by atoms with E-state index in [9.17, 15) is 4.79 Å². The number of nitrogens with zero attached hydrogens (tertiary/aromatic N) is 1. The summed E-state index contributed by atoms with van der Waals surface area (Å²) in [4.78, 5) is 12.2. The molecule has 0 amide bonds. The van der Waals surface area contributed by atoms with Gasteiger partial charge in [0.1, 0.15) is 6.29 Å². The summed E-state index contributed by atoms with van der Waals surface area (Å²) in [5.41, 5.74) is 0. The fourth-order valence-electron chi connectivity index (χ4n) is 1.27. The van der Waals surface area contributed by atoms with Crippen LogP contribution in [0.1, 0.15) is 6.42 Å². The fourth-order valence-corrected chi connectivity index (χ4v) is 1.27. The Labute approximate surface area is 61.2 Å². The highest BCUT2D eigenvalue weighted by Crippen LogP contribution is 2.13. The number of rotatable bonds is 2. The van der Waals surface area contributed by atoms with Crippen LogP contribution in [0.2, 0.25) is 6.82 Å². The van der Waals surface area contributed by atoms with E-state index < -0.39 is 7.05 Å². The fraction of sp³-hybridized carbons (Fsp3) is 0.833. The van der Waals surface area contributed by atoms with Crippen molar-refractivity contribution in [2.75, 3.05) is 13.1 Å². The van der Waals surface area contributed by atoms with Crippen LogP contribution in [-0.2, 0) is 4.79 Å². The summed E-state index contributed by atoms with van der Waals surface area (Å²) in [5.74, 6) is 0.148. The van der Waals surface area contributed by atoms with Crippen molar-refractivity contribution in [3.05, 3.63) is 0 Å². The van der Waals surface area contributed by atoms with Gasteiger partial charge in [0.25, 0.3) is 0 Å². The lowest BCUT2D eigenvalue weighted by Crippen LogP contribution is -2.34. The number of aldehydes is 1. The summed E-state index contributed by atoms with van der Waals surface area (Å²) in [6, 6.07) is 0. The Morgan fingerprint density at radius 1 is 1.80 bits per heavy atom. The van der Waals surface area contributed by atoms with Crippen molar-refractivity contribution in [2.24, 2.45) is 5.92 Å². The molecule has 0 aromatic carbocycles. The minimum absolute atomic E-state index is 0.148. The van der Waals surface area contributed by atoms with Crippen molar-refractivity contribution in [2.45, 2.75) is 13.2 Å². The van der Waals surface area contributed by atoms with E-state index in [1.807, 2.05) is 4.81 Å². The molecule has 0 aromatic rings. The zero-order chi connectivity index (χ0) is 7.56. The van der Waals surface area contributed by atoms with Crippen molar-refractivity contribution in [1.29, 1.82) is 0 Å². The van der Waals surface area contributed by atoms with Crippen LogP contribution < -0.4 is 0 Å². The first-order chi connectivity index (χ1) is 4.74. The molecule has 1 aliphatic heterocycles. The average Bonchev–Trinajstić information content (AvgIpc) is 2.34. The monoisotopic (exact) mass is 141 g/mol. The maximum absolute atomic E-state index is 10.3. The molecule has 1 fully saturated rings. The standard InChI is InChI=1S/C6H12BNO2/c1-7(10)8-3-2-6(4-8)5-9/h5-6,10H,2-4H2,1H3. The Kier molecular flexibility index (Phi) is 2.46. The van der Waals surface area contributed by atoms with Crippen molar-refractivity contribution < 1.29 is 9.82 Å². The molecule has 0 radical (unpaired) electrons. The average molecular weight is 141 g/mol. The van der Waals surface area contributed by atoms with Crippen LogP contribution in [-0.4, -0.2) is 36.3 Å². The molecular formula is C6H12BNO2. The molecule has 3 nitrogen and oxygen atoms in total. The van der Waals surface area contributed by atoms with Gasteiger partial charge in [-0.15, -0.1) is 0 Å². The van der Waals surface area contributed by atoms with E-state index in [-0.39, 0.29) is 5.92 Å². The normalized spacial score (nSPS) is 26.8. The van der Waals surface area contributed by atoms with Crippen molar-refractivity contribution in [3.63, 3.8) is 0 Å². The molecular weight excluding hydrogens is 129 g/mol. The second-order valence-corrected chi connectivity index (χ2v) is 2.81. The van der Waals surface area contributed by atoms with Gasteiger partial charge in [0.15, 0.2) is 0 Å². The van der Waals surface area contributed by atoms with Gasteiger partial charge in [0, 0.05) is 5.92 Å². The van der Waals surface area contributed by atoms with E-state index in [1.165, 1.54) is 0 Å². The third-order valence-electron chi connectivity index (χ3n) is 1.98. The summed E-state index contributed by atoms with van der Waals surface area (Å²) >= 11 is 0. The second kappa shape index (κ2) is 3.17. The SMILES string of the molecule is CB(O)N1CCC(C=O)C1. The van der Waals surface area contributed by atoms with Crippen LogP contribution >= 0.6 is 0 Å². The predicted octanol–water partition coefficient (Wildman–Crippen LogP) is -0.383. The van der Waals surface area contributed by atoms with Gasteiger partial charge in [0.05, 0.1) is 0 Å². The maximum Gasteiger partial charge on any atom is 0.376 e. The molecule has 4 heteroatoms. The van der Waals surface area contributed by atoms with Crippen molar-refractivity contribution in [3.8, 4) is 0 Å². The number of hydrogen-bond donors (Lipinski definition) is 1. The van der Waals surface area contributed by atoms with Gasteiger partial charge in [-0.2, -0.15) is 0 Å². The highest BCUT2D eigenvalue weighted by molar-refractivity contribution is 6.45. The van der Waals surface area contributed by atoms with E-state index in [2.05, 4.69) is 0 Å². The molecule has 0 aromatic heterocycles. The summed E-state index contributed by atoms with van der Waals surface area (Å²) in [6.45, 7) is 3.30. The lowest BCUT2D eigenvalue weighted by Gasteiger charge is -2.14. The number of carbonyl (C=O) groups is 1. The number of carbonyl (C=O) groups excluding carboxylic acids is 1. The highest BCUT2D eigenvalue weighted by Gasteiger charge is 2.26.